The average molecular weight is 470 g/mol. The molecule has 1 aromatic heterocycles. The summed E-state index contributed by atoms with van der Waals surface area (Å²) in [7, 11) is 0. The Morgan fingerprint density at radius 3 is 2.32 bits per heavy atom. The van der Waals surface area contributed by atoms with E-state index < -0.39 is 82.0 Å². The van der Waals surface area contributed by atoms with Crippen molar-refractivity contribution in [2.75, 3.05) is 0 Å². The van der Waals surface area contributed by atoms with Crippen molar-refractivity contribution in [2.24, 2.45) is 0 Å². The van der Waals surface area contributed by atoms with Gasteiger partial charge < -0.3 is 40.2 Å². The van der Waals surface area contributed by atoms with Crippen LogP contribution in [0.3, 0.4) is 0 Å². The topological polar surface area (TPSA) is 206 Å². The Bertz CT molecular complexity index is 1370. The number of carboxylic acid groups (broad SMARTS) is 1. The first kappa shape index (κ1) is 21.9. The number of aliphatic carboxylic acids is 1. The number of phenolic OH excluding ortho intramolecular Hbond substituents is 1. The van der Waals surface area contributed by atoms with E-state index in [2.05, 4.69) is 0 Å². The van der Waals surface area contributed by atoms with Crippen LogP contribution in [0.25, 0.3) is 16.9 Å². The SMILES string of the molecule is O=C(O)C1=C(O)[C@]2(O)C(=O)C3=C(O)c4c(O)ccc(-c5ccoc5)c4C[C@]3(O)C[C@]2(O)CC1=O. The smallest absolute Gasteiger partial charge is 0.342 e. The van der Waals surface area contributed by atoms with E-state index in [1.807, 2.05) is 0 Å². The summed E-state index contributed by atoms with van der Waals surface area (Å²) in [6.07, 6.45) is 0.318. The Balaban J connectivity index is 1.80. The van der Waals surface area contributed by atoms with E-state index >= 15 is 0 Å². The van der Waals surface area contributed by atoms with Crippen LogP contribution < -0.4 is 0 Å². The lowest BCUT2D eigenvalue weighted by Gasteiger charge is -2.54. The van der Waals surface area contributed by atoms with Gasteiger partial charge in [-0.3, -0.25) is 9.59 Å². The summed E-state index contributed by atoms with van der Waals surface area (Å²) in [5.74, 6) is -7.75. The molecule has 0 aliphatic heterocycles. The number of aliphatic hydroxyl groups excluding tert-OH is 2. The standard InChI is InChI=1S/C23H18O11/c24-12-2-1-10(9-3-4-34-7-9)11-5-21(31)8-22(32)6-13(25)15(20(29)30)18(27)23(22,33)19(28)16(21)17(26)14(11)12/h1-4,7,24,26-27,31-33H,5-6,8H2,(H,29,30)/t21-,22+,23-/m0/s1. The molecule has 0 unspecified atom stereocenters. The minimum absolute atomic E-state index is 0.195. The van der Waals surface area contributed by atoms with Gasteiger partial charge in [0.25, 0.3) is 0 Å². The molecular weight excluding hydrogens is 452 g/mol. The van der Waals surface area contributed by atoms with E-state index in [9.17, 15) is 50.1 Å². The first-order valence-corrected chi connectivity index (χ1v) is 10.1. The fourth-order valence-corrected chi connectivity index (χ4v) is 5.38. The van der Waals surface area contributed by atoms with Crippen molar-refractivity contribution in [1.29, 1.82) is 0 Å². The fourth-order valence-electron chi connectivity index (χ4n) is 5.38. The lowest BCUT2D eigenvalue weighted by molar-refractivity contribution is -0.200. The third-order valence-electron chi connectivity index (χ3n) is 6.87. The molecule has 1 aromatic carbocycles. The van der Waals surface area contributed by atoms with Gasteiger partial charge in [0.05, 0.1) is 23.7 Å². The molecule has 5 rings (SSSR count). The molecule has 2 aromatic rings. The number of hydrogen-bond acceptors (Lipinski definition) is 10. The molecule has 176 valence electrons. The number of carbonyl (C=O) groups is 3. The number of carbonyl (C=O) groups excluding carboxylic acids is 2. The average Bonchev–Trinajstić information content (AvgIpc) is 3.24. The molecule has 0 bridgehead atoms. The number of fused-ring (bicyclic) bond motifs is 3. The second-order valence-corrected chi connectivity index (χ2v) is 8.81. The van der Waals surface area contributed by atoms with Crippen LogP contribution in [-0.2, 0) is 20.8 Å². The van der Waals surface area contributed by atoms with Crippen LogP contribution in [-0.4, -0.2) is 70.1 Å². The molecule has 0 spiro atoms. The van der Waals surface area contributed by atoms with Crippen LogP contribution in [0.5, 0.6) is 5.75 Å². The van der Waals surface area contributed by atoms with Gasteiger partial charge >= 0.3 is 5.97 Å². The van der Waals surface area contributed by atoms with Gasteiger partial charge in [-0.1, -0.05) is 6.07 Å². The highest BCUT2D eigenvalue weighted by Gasteiger charge is 2.71. The maximum Gasteiger partial charge on any atom is 0.342 e. The quantitative estimate of drug-likeness (QED) is 0.301. The molecule has 1 heterocycles. The molecule has 3 aliphatic carbocycles. The summed E-state index contributed by atoms with van der Waals surface area (Å²) < 4.78 is 5.07. The highest BCUT2D eigenvalue weighted by molar-refractivity contribution is 6.22. The van der Waals surface area contributed by atoms with Gasteiger partial charge in [-0.05, 0) is 23.3 Å². The zero-order valence-electron chi connectivity index (χ0n) is 17.3. The molecule has 1 saturated carbocycles. The van der Waals surface area contributed by atoms with Gasteiger partial charge in [-0.15, -0.1) is 0 Å². The molecule has 11 heteroatoms. The van der Waals surface area contributed by atoms with Crippen molar-refractivity contribution in [2.45, 2.75) is 36.1 Å². The molecule has 7 N–H and O–H groups in total. The first-order chi connectivity index (χ1) is 15.9. The number of aromatic hydroxyl groups is 1. The van der Waals surface area contributed by atoms with E-state index in [1.165, 1.54) is 24.7 Å². The van der Waals surface area contributed by atoms with E-state index in [0.29, 0.717) is 11.1 Å². The molecular formula is C23H18O11. The van der Waals surface area contributed by atoms with E-state index in [4.69, 9.17) is 4.42 Å². The van der Waals surface area contributed by atoms with Crippen LogP contribution >= 0.6 is 0 Å². The van der Waals surface area contributed by atoms with Crippen LogP contribution in [0.15, 0.2) is 52.0 Å². The lowest BCUT2D eigenvalue weighted by Crippen LogP contribution is -2.72. The molecule has 3 atom stereocenters. The Hall–Kier alpha value is -3.93. The summed E-state index contributed by atoms with van der Waals surface area (Å²) in [6.45, 7) is 0. The van der Waals surface area contributed by atoms with Crippen molar-refractivity contribution in [3.05, 3.63) is 58.8 Å². The van der Waals surface area contributed by atoms with Crippen LogP contribution in [0.2, 0.25) is 0 Å². The lowest BCUT2D eigenvalue weighted by atomic mass is 9.55. The number of aliphatic hydroxyl groups is 5. The molecule has 0 amide bonds. The molecule has 11 nitrogen and oxygen atoms in total. The molecule has 0 radical (unpaired) electrons. The summed E-state index contributed by atoms with van der Waals surface area (Å²) in [5, 5.41) is 75.1. The normalized spacial score (nSPS) is 30.7. The van der Waals surface area contributed by atoms with E-state index in [-0.39, 0.29) is 11.1 Å². The number of rotatable bonds is 2. The minimum atomic E-state index is -3.33. The Labute approximate surface area is 190 Å². The number of ketones is 2. The van der Waals surface area contributed by atoms with Crippen molar-refractivity contribution in [3.8, 4) is 16.9 Å². The van der Waals surface area contributed by atoms with Gasteiger partial charge in [-0.2, -0.15) is 0 Å². The number of hydrogen-bond donors (Lipinski definition) is 7. The van der Waals surface area contributed by atoms with Crippen LogP contribution in [0.4, 0.5) is 0 Å². The highest BCUT2D eigenvalue weighted by Crippen LogP contribution is 2.56. The van der Waals surface area contributed by atoms with E-state index in [0.717, 1.165) is 0 Å². The molecule has 3 aliphatic rings. The number of carboxylic acids is 1. The Kier molecular flexibility index (Phi) is 4.23. The van der Waals surface area contributed by atoms with Gasteiger partial charge in [0.15, 0.2) is 11.5 Å². The second kappa shape index (κ2) is 6.56. The van der Waals surface area contributed by atoms with Crippen molar-refractivity contribution < 1.29 is 54.5 Å². The Morgan fingerprint density at radius 2 is 1.71 bits per heavy atom. The molecule has 0 saturated heterocycles. The summed E-state index contributed by atoms with van der Waals surface area (Å²) in [6, 6.07) is 4.31. The third kappa shape index (κ3) is 2.48. The third-order valence-corrected chi connectivity index (χ3v) is 6.87. The van der Waals surface area contributed by atoms with Gasteiger partial charge in [0.2, 0.25) is 11.4 Å². The van der Waals surface area contributed by atoms with Crippen LogP contribution in [0, 0.1) is 0 Å². The summed E-state index contributed by atoms with van der Waals surface area (Å²) in [4.78, 5) is 37.3. The zero-order chi connectivity index (χ0) is 24.8. The molecule has 1 fully saturated rings. The monoisotopic (exact) mass is 470 g/mol. The first-order valence-electron chi connectivity index (χ1n) is 10.1. The van der Waals surface area contributed by atoms with Crippen molar-refractivity contribution >= 4 is 23.3 Å². The summed E-state index contributed by atoms with van der Waals surface area (Å²) >= 11 is 0. The van der Waals surface area contributed by atoms with Gasteiger partial charge in [0, 0.05) is 24.8 Å². The predicted octanol–water partition coefficient (Wildman–Crippen LogP) is 0.513. The van der Waals surface area contributed by atoms with Gasteiger partial charge in [0.1, 0.15) is 28.3 Å². The molecule has 34 heavy (non-hydrogen) atoms. The van der Waals surface area contributed by atoms with Crippen molar-refractivity contribution in [3.63, 3.8) is 0 Å². The van der Waals surface area contributed by atoms with Crippen LogP contribution in [0.1, 0.15) is 24.0 Å². The predicted molar refractivity (Wildman–Crippen MR) is 110 cm³/mol. The summed E-state index contributed by atoms with van der Waals surface area (Å²) in [5.41, 5.74) is -9.67. The maximum atomic E-state index is 13.5. The largest absolute Gasteiger partial charge is 0.508 e. The zero-order valence-corrected chi connectivity index (χ0v) is 17.3. The maximum absolute atomic E-state index is 13.5. The highest BCUT2D eigenvalue weighted by atomic mass is 16.4. The fraction of sp³-hybridized carbons (Fsp3) is 0.261. The number of Topliss-reactive ketones (excluding diaryl/α,β-unsaturated/α-hetero) is 2. The van der Waals surface area contributed by atoms with Gasteiger partial charge in [-0.25, -0.2) is 4.79 Å². The Morgan fingerprint density at radius 1 is 1.00 bits per heavy atom. The second-order valence-electron chi connectivity index (χ2n) is 8.81. The number of furan rings is 1. The number of benzene rings is 1. The number of phenols is 1. The van der Waals surface area contributed by atoms with Crippen molar-refractivity contribution in [1.82, 2.24) is 0 Å². The minimum Gasteiger partial charge on any atom is -0.508 e. The van der Waals surface area contributed by atoms with E-state index in [1.54, 1.807) is 6.07 Å².